The van der Waals surface area contributed by atoms with E-state index < -0.39 is 5.60 Å². The van der Waals surface area contributed by atoms with Crippen LogP contribution in [0.4, 0.5) is 0 Å². The summed E-state index contributed by atoms with van der Waals surface area (Å²) >= 11 is 7.79. The molecule has 0 amide bonds. The summed E-state index contributed by atoms with van der Waals surface area (Å²) in [6, 6.07) is 5.99. The average molecular weight is 302 g/mol. The summed E-state index contributed by atoms with van der Waals surface area (Å²) < 4.78 is 5.63. The lowest BCUT2D eigenvalue weighted by Gasteiger charge is -2.31. The fraction of sp³-hybridized carbons (Fsp3) is 0.571. The van der Waals surface area contributed by atoms with Crippen molar-refractivity contribution >= 4 is 23.4 Å². The van der Waals surface area contributed by atoms with Crippen molar-refractivity contribution in [2.24, 2.45) is 0 Å². The smallest absolute Gasteiger partial charge is 0.142 e. The SMILES string of the molecule is CSCC(C)(O)CNC1CCOc2c(Cl)cccc21. The Morgan fingerprint density at radius 1 is 1.58 bits per heavy atom. The first-order valence-corrected chi connectivity index (χ1v) is 8.16. The monoisotopic (exact) mass is 301 g/mol. The van der Waals surface area contributed by atoms with E-state index in [1.807, 2.05) is 31.4 Å². The minimum absolute atomic E-state index is 0.191. The van der Waals surface area contributed by atoms with E-state index in [-0.39, 0.29) is 6.04 Å². The molecule has 1 aromatic carbocycles. The molecule has 0 saturated heterocycles. The van der Waals surface area contributed by atoms with Crippen molar-refractivity contribution in [1.82, 2.24) is 5.32 Å². The fourth-order valence-corrected chi connectivity index (χ4v) is 3.26. The van der Waals surface area contributed by atoms with Gasteiger partial charge in [-0.3, -0.25) is 0 Å². The first-order chi connectivity index (χ1) is 9.03. The van der Waals surface area contributed by atoms with Crippen LogP contribution in [0.5, 0.6) is 5.75 Å². The predicted molar refractivity (Wildman–Crippen MR) is 81.3 cm³/mol. The van der Waals surface area contributed by atoms with Gasteiger partial charge in [-0.2, -0.15) is 11.8 Å². The molecule has 2 atom stereocenters. The van der Waals surface area contributed by atoms with Crippen LogP contribution in [0.25, 0.3) is 0 Å². The lowest BCUT2D eigenvalue weighted by molar-refractivity contribution is 0.0789. The molecule has 2 N–H and O–H groups in total. The van der Waals surface area contributed by atoms with Crippen LogP contribution in [-0.2, 0) is 0 Å². The van der Waals surface area contributed by atoms with Crippen LogP contribution in [-0.4, -0.2) is 35.9 Å². The zero-order chi connectivity index (χ0) is 13.9. The molecule has 0 spiro atoms. The Bertz CT molecular complexity index is 439. The molecule has 5 heteroatoms. The largest absolute Gasteiger partial charge is 0.492 e. The van der Waals surface area contributed by atoms with Gasteiger partial charge >= 0.3 is 0 Å². The van der Waals surface area contributed by atoms with Crippen molar-refractivity contribution in [3.8, 4) is 5.75 Å². The summed E-state index contributed by atoms with van der Waals surface area (Å²) in [7, 11) is 0. The quantitative estimate of drug-likeness (QED) is 0.877. The summed E-state index contributed by atoms with van der Waals surface area (Å²) in [6.45, 7) is 3.07. The highest BCUT2D eigenvalue weighted by Crippen LogP contribution is 2.37. The van der Waals surface area contributed by atoms with Crippen LogP contribution in [0.15, 0.2) is 18.2 Å². The summed E-state index contributed by atoms with van der Waals surface area (Å²) in [5, 5.41) is 14.3. The van der Waals surface area contributed by atoms with Gasteiger partial charge in [0.05, 0.1) is 17.2 Å². The van der Waals surface area contributed by atoms with Crippen molar-refractivity contribution in [2.45, 2.75) is 25.0 Å². The standard InChI is InChI=1S/C14H20ClNO2S/c1-14(17,9-19-2)8-16-12-6-7-18-13-10(12)4-3-5-11(13)15/h3-5,12,16-17H,6-9H2,1-2H3. The van der Waals surface area contributed by atoms with Gasteiger partial charge in [-0.1, -0.05) is 23.7 Å². The van der Waals surface area contributed by atoms with E-state index >= 15 is 0 Å². The Morgan fingerprint density at radius 3 is 3.11 bits per heavy atom. The molecule has 0 aliphatic carbocycles. The van der Waals surface area contributed by atoms with Crippen LogP contribution < -0.4 is 10.1 Å². The van der Waals surface area contributed by atoms with Gasteiger partial charge in [0.15, 0.2) is 0 Å². The second-order valence-corrected chi connectivity index (χ2v) is 6.43. The van der Waals surface area contributed by atoms with E-state index in [0.717, 1.165) is 17.7 Å². The van der Waals surface area contributed by atoms with Gasteiger partial charge in [-0.15, -0.1) is 0 Å². The average Bonchev–Trinajstić information content (AvgIpc) is 2.37. The lowest BCUT2D eigenvalue weighted by atomic mass is 9.99. The molecule has 1 aromatic rings. The van der Waals surface area contributed by atoms with Crippen molar-refractivity contribution in [1.29, 1.82) is 0 Å². The minimum atomic E-state index is -0.698. The maximum absolute atomic E-state index is 10.2. The third-order valence-electron chi connectivity index (χ3n) is 3.21. The minimum Gasteiger partial charge on any atom is -0.492 e. The number of benzene rings is 1. The summed E-state index contributed by atoms with van der Waals surface area (Å²) in [5.41, 5.74) is 0.384. The topological polar surface area (TPSA) is 41.5 Å². The highest BCUT2D eigenvalue weighted by molar-refractivity contribution is 7.98. The molecule has 1 aliphatic heterocycles. The van der Waals surface area contributed by atoms with Gasteiger partial charge in [0.2, 0.25) is 0 Å². The Kier molecular flexibility index (Phi) is 5.01. The van der Waals surface area contributed by atoms with E-state index in [1.165, 1.54) is 0 Å². The molecular weight excluding hydrogens is 282 g/mol. The van der Waals surface area contributed by atoms with Gasteiger partial charge in [-0.05, 0) is 19.2 Å². The molecule has 0 fully saturated rings. The highest BCUT2D eigenvalue weighted by Gasteiger charge is 2.26. The highest BCUT2D eigenvalue weighted by atomic mass is 35.5. The van der Waals surface area contributed by atoms with Crippen LogP contribution in [0.3, 0.4) is 0 Å². The van der Waals surface area contributed by atoms with Gasteiger partial charge in [0.25, 0.3) is 0 Å². The Morgan fingerprint density at radius 2 is 2.37 bits per heavy atom. The van der Waals surface area contributed by atoms with Crippen molar-refractivity contribution in [3.05, 3.63) is 28.8 Å². The Hall–Kier alpha value is -0.420. The van der Waals surface area contributed by atoms with Gasteiger partial charge in [0, 0.05) is 30.3 Å². The van der Waals surface area contributed by atoms with E-state index in [1.54, 1.807) is 11.8 Å². The van der Waals surface area contributed by atoms with E-state index in [9.17, 15) is 5.11 Å². The molecule has 19 heavy (non-hydrogen) atoms. The number of fused-ring (bicyclic) bond motifs is 1. The third kappa shape index (κ3) is 3.78. The number of para-hydroxylation sites is 1. The van der Waals surface area contributed by atoms with Gasteiger partial charge in [0.1, 0.15) is 5.75 Å². The Balaban J connectivity index is 2.06. The van der Waals surface area contributed by atoms with Crippen molar-refractivity contribution in [3.63, 3.8) is 0 Å². The van der Waals surface area contributed by atoms with Crippen LogP contribution in [0.2, 0.25) is 5.02 Å². The number of aliphatic hydroxyl groups is 1. The molecule has 1 aliphatic rings. The lowest BCUT2D eigenvalue weighted by Crippen LogP contribution is -2.42. The number of ether oxygens (including phenoxy) is 1. The van der Waals surface area contributed by atoms with E-state index in [4.69, 9.17) is 16.3 Å². The predicted octanol–water partition coefficient (Wildman–Crippen LogP) is 2.87. The summed E-state index contributed by atoms with van der Waals surface area (Å²) in [5.74, 6) is 1.49. The summed E-state index contributed by atoms with van der Waals surface area (Å²) in [4.78, 5) is 0. The zero-order valence-corrected chi connectivity index (χ0v) is 12.9. The van der Waals surface area contributed by atoms with Crippen LogP contribution in [0.1, 0.15) is 24.9 Å². The maximum Gasteiger partial charge on any atom is 0.142 e. The number of hydrogen-bond acceptors (Lipinski definition) is 4. The summed E-state index contributed by atoms with van der Waals surface area (Å²) in [6.07, 6.45) is 2.89. The van der Waals surface area contributed by atoms with Crippen LogP contribution >= 0.6 is 23.4 Å². The molecule has 0 saturated carbocycles. The van der Waals surface area contributed by atoms with Crippen molar-refractivity contribution < 1.29 is 9.84 Å². The second kappa shape index (κ2) is 6.35. The number of hydrogen-bond donors (Lipinski definition) is 2. The van der Waals surface area contributed by atoms with Crippen LogP contribution in [0, 0.1) is 0 Å². The molecule has 0 bridgehead atoms. The van der Waals surface area contributed by atoms with E-state index in [0.29, 0.717) is 23.9 Å². The number of nitrogens with one attached hydrogen (secondary N) is 1. The molecular formula is C14H20ClNO2S. The molecule has 0 radical (unpaired) electrons. The van der Waals surface area contributed by atoms with E-state index in [2.05, 4.69) is 5.32 Å². The molecule has 2 rings (SSSR count). The molecule has 2 unspecified atom stereocenters. The first kappa shape index (κ1) is 15.0. The number of halogens is 1. The number of thioether (sulfide) groups is 1. The molecule has 106 valence electrons. The maximum atomic E-state index is 10.2. The second-order valence-electron chi connectivity index (χ2n) is 5.16. The third-order valence-corrected chi connectivity index (χ3v) is 4.42. The molecule has 3 nitrogen and oxygen atoms in total. The van der Waals surface area contributed by atoms with Gasteiger partial charge < -0.3 is 15.2 Å². The normalized spacial score (nSPS) is 21.4. The van der Waals surface area contributed by atoms with Gasteiger partial charge in [-0.25, -0.2) is 0 Å². The molecule has 1 heterocycles. The Labute approximate surface area is 123 Å². The number of rotatable bonds is 5. The fourth-order valence-electron chi connectivity index (χ4n) is 2.30. The van der Waals surface area contributed by atoms with Crippen molar-refractivity contribution in [2.75, 3.05) is 25.2 Å². The molecule has 0 aromatic heterocycles. The zero-order valence-electron chi connectivity index (χ0n) is 11.3. The first-order valence-electron chi connectivity index (χ1n) is 6.39.